The second-order valence-electron chi connectivity index (χ2n) is 6.78. The van der Waals surface area contributed by atoms with Crippen molar-refractivity contribution in [2.45, 2.75) is 63.9 Å². The monoisotopic (exact) mass is 377 g/mol. The van der Waals surface area contributed by atoms with Gasteiger partial charge in [-0.25, -0.2) is 0 Å². The summed E-state index contributed by atoms with van der Waals surface area (Å²) in [5.41, 5.74) is 0.682. The van der Waals surface area contributed by atoms with Gasteiger partial charge in [0.05, 0.1) is 19.4 Å². The van der Waals surface area contributed by atoms with Crippen LogP contribution in [0.1, 0.15) is 57.8 Å². The third-order valence-corrected chi connectivity index (χ3v) is 4.63. The fraction of sp³-hybridized carbons (Fsp3) is 0.619. The summed E-state index contributed by atoms with van der Waals surface area (Å²) in [6.07, 6.45) is 7.10. The van der Waals surface area contributed by atoms with Crippen LogP contribution in [0.25, 0.3) is 0 Å². The fourth-order valence-electron chi connectivity index (χ4n) is 3.04. The second kappa shape index (κ2) is 12.3. The van der Waals surface area contributed by atoms with Crippen LogP contribution in [0.15, 0.2) is 24.3 Å². The van der Waals surface area contributed by atoms with E-state index in [-0.39, 0.29) is 11.9 Å². The third kappa shape index (κ3) is 7.99. The lowest BCUT2D eigenvalue weighted by molar-refractivity contribution is -0.140. The first-order chi connectivity index (χ1) is 13.2. The molecule has 1 N–H and O–H groups in total. The predicted octanol–water partition coefficient (Wildman–Crippen LogP) is 4.09. The number of esters is 1. The molecule has 1 unspecified atom stereocenters. The molecule has 1 amide bonds. The van der Waals surface area contributed by atoms with Gasteiger partial charge in [-0.2, -0.15) is 0 Å². The number of carbonyl (C=O) groups excluding carboxylic acids is 2. The quantitative estimate of drug-likeness (QED) is 0.597. The Labute approximate surface area is 161 Å². The van der Waals surface area contributed by atoms with E-state index in [0.29, 0.717) is 37.5 Å². The molecule has 0 bridgehead atoms. The second-order valence-corrected chi connectivity index (χ2v) is 6.78. The van der Waals surface area contributed by atoms with E-state index in [0.717, 1.165) is 44.9 Å². The van der Waals surface area contributed by atoms with Crippen LogP contribution in [-0.4, -0.2) is 38.3 Å². The number of hydrogen-bond donors (Lipinski definition) is 1. The highest BCUT2D eigenvalue weighted by Gasteiger charge is 2.20. The molecule has 1 aliphatic rings. The zero-order valence-electron chi connectivity index (χ0n) is 16.2. The third-order valence-electron chi connectivity index (χ3n) is 4.63. The van der Waals surface area contributed by atoms with Crippen LogP contribution in [0.2, 0.25) is 0 Å². The van der Waals surface area contributed by atoms with Crippen LogP contribution in [0.3, 0.4) is 0 Å². The molecule has 0 fully saturated rings. The minimum Gasteiger partial charge on any atom is -0.491 e. The van der Waals surface area contributed by atoms with Gasteiger partial charge in [0.2, 0.25) is 0 Å². The van der Waals surface area contributed by atoms with Crippen molar-refractivity contribution in [1.82, 2.24) is 0 Å². The molecule has 0 spiro atoms. The topological polar surface area (TPSA) is 73.9 Å². The highest BCUT2D eigenvalue weighted by atomic mass is 16.5. The molecule has 1 heterocycles. The normalized spacial score (nSPS) is 18.7. The Morgan fingerprint density at radius 2 is 1.89 bits per heavy atom. The van der Waals surface area contributed by atoms with E-state index in [1.165, 1.54) is 7.11 Å². The number of methoxy groups -OCH3 is 1. The van der Waals surface area contributed by atoms with Gasteiger partial charge in [-0.15, -0.1) is 0 Å². The number of hydrogen-bond acceptors (Lipinski definition) is 5. The largest absolute Gasteiger partial charge is 0.491 e. The van der Waals surface area contributed by atoms with Gasteiger partial charge in [-0.3, -0.25) is 9.59 Å². The molecule has 27 heavy (non-hydrogen) atoms. The van der Waals surface area contributed by atoms with Crippen molar-refractivity contribution in [2.24, 2.45) is 0 Å². The number of ether oxygens (including phenoxy) is 3. The standard InChI is InChI=1S/C21H31NO5/c1-25-20(23)14-6-4-5-13-19-21(24)22-17-11-7-8-12-18(17)26-15-9-2-3-10-16-27-19/h7-8,11-12,19H,2-6,9-10,13-16H2,1H3,(H,22,24). The average molecular weight is 377 g/mol. The summed E-state index contributed by atoms with van der Waals surface area (Å²) in [7, 11) is 1.40. The molecular formula is C21H31NO5. The SMILES string of the molecule is COC(=O)CCCCCC1OCCCCCCOc2ccccc2NC1=O. The van der Waals surface area contributed by atoms with Crippen LogP contribution in [0.4, 0.5) is 5.69 Å². The van der Waals surface area contributed by atoms with Crippen LogP contribution < -0.4 is 10.1 Å². The van der Waals surface area contributed by atoms with Crippen LogP contribution >= 0.6 is 0 Å². The lowest BCUT2D eigenvalue weighted by atomic mass is 10.1. The molecule has 2 rings (SSSR count). The number of rotatable bonds is 6. The summed E-state index contributed by atoms with van der Waals surface area (Å²) in [6.45, 7) is 1.24. The summed E-state index contributed by atoms with van der Waals surface area (Å²) in [6, 6.07) is 7.50. The van der Waals surface area contributed by atoms with Crippen LogP contribution in [-0.2, 0) is 19.1 Å². The summed E-state index contributed by atoms with van der Waals surface area (Å²) in [5, 5.41) is 2.95. The van der Waals surface area contributed by atoms with Crippen molar-refractivity contribution in [2.75, 3.05) is 25.6 Å². The maximum Gasteiger partial charge on any atom is 0.305 e. The Bertz CT molecular complexity index is 590. The van der Waals surface area contributed by atoms with E-state index >= 15 is 0 Å². The number of para-hydroxylation sites is 2. The molecule has 1 aromatic carbocycles. The number of amides is 1. The molecule has 0 saturated heterocycles. The fourth-order valence-corrected chi connectivity index (χ4v) is 3.04. The van der Waals surface area contributed by atoms with Gasteiger partial charge in [-0.1, -0.05) is 31.4 Å². The highest BCUT2D eigenvalue weighted by molar-refractivity contribution is 5.95. The Kier molecular flexibility index (Phi) is 9.69. The number of nitrogens with one attached hydrogen (secondary N) is 1. The average Bonchev–Trinajstić information content (AvgIpc) is 2.69. The van der Waals surface area contributed by atoms with Crippen molar-refractivity contribution in [3.63, 3.8) is 0 Å². The van der Waals surface area contributed by atoms with Gasteiger partial charge in [0.25, 0.3) is 5.91 Å². The van der Waals surface area contributed by atoms with E-state index in [4.69, 9.17) is 9.47 Å². The van der Waals surface area contributed by atoms with Gasteiger partial charge in [-0.05, 0) is 44.2 Å². The molecular weight excluding hydrogens is 346 g/mol. The molecule has 0 aliphatic carbocycles. The smallest absolute Gasteiger partial charge is 0.305 e. The Hall–Kier alpha value is -2.08. The molecule has 6 nitrogen and oxygen atoms in total. The summed E-state index contributed by atoms with van der Waals surface area (Å²) >= 11 is 0. The first-order valence-corrected chi connectivity index (χ1v) is 9.92. The molecule has 0 radical (unpaired) electrons. The summed E-state index contributed by atoms with van der Waals surface area (Å²) < 4.78 is 16.4. The van der Waals surface area contributed by atoms with E-state index in [1.54, 1.807) is 0 Å². The number of carbonyl (C=O) groups is 2. The van der Waals surface area contributed by atoms with Gasteiger partial charge >= 0.3 is 5.97 Å². The Morgan fingerprint density at radius 3 is 2.70 bits per heavy atom. The van der Waals surface area contributed by atoms with Crippen LogP contribution in [0, 0.1) is 0 Å². The molecule has 1 atom stereocenters. The first-order valence-electron chi connectivity index (χ1n) is 9.92. The highest BCUT2D eigenvalue weighted by Crippen LogP contribution is 2.25. The van der Waals surface area contributed by atoms with E-state index in [2.05, 4.69) is 10.1 Å². The maximum absolute atomic E-state index is 12.7. The Morgan fingerprint density at radius 1 is 1.11 bits per heavy atom. The number of unbranched alkanes of at least 4 members (excludes halogenated alkanes) is 2. The van der Waals surface area contributed by atoms with Crippen molar-refractivity contribution < 1.29 is 23.8 Å². The minimum atomic E-state index is -0.489. The van der Waals surface area contributed by atoms with Gasteiger partial charge < -0.3 is 19.5 Å². The minimum absolute atomic E-state index is 0.140. The molecule has 1 aliphatic heterocycles. The molecule has 150 valence electrons. The van der Waals surface area contributed by atoms with E-state index < -0.39 is 6.10 Å². The van der Waals surface area contributed by atoms with E-state index in [1.807, 2.05) is 24.3 Å². The predicted molar refractivity (Wildman–Crippen MR) is 104 cm³/mol. The zero-order chi connectivity index (χ0) is 19.3. The summed E-state index contributed by atoms with van der Waals surface area (Å²) in [4.78, 5) is 23.9. The van der Waals surface area contributed by atoms with Gasteiger partial charge in [0.1, 0.15) is 11.9 Å². The van der Waals surface area contributed by atoms with Crippen molar-refractivity contribution >= 4 is 17.6 Å². The van der Waals surface area contributed by atoms with Gasteiger partial charge in [0, 0.05) is 13.0 Å². The number of fused-ring (bicyclic) bond motifs is 1. The molecule has 6 heteroatoms. The number of benzene rings is 1. The lowest BCUT2D eigenvalue weighted by Gasteiger charge is -2.18. The van der Waals surface area contributed by atoms with E-state index in [9.17, 15) is 9.59 Å². The summed E-state index contributed by atoms with van der Waals surface area (Å²) in [5.74, 6) is 0.364. The van der Waals surface area contributed by atoms with Crippen LogP contribution in [0.5, 0.6) is 5.75 Å². The van der Waals surface area contributed by atoms with Crippen molar-refractivity contribution in [3.05, 3.63) is 24.3 Å². The molecule has 0 aromatic heterocycles. The molecule has 1 aromatic rings. The zero-order valence-corrected chi connectivity index (χ0v) is 16.2. The van der Waals surface area contributed by atoms with Crippen molar-refractivity contribution in [3.8, 4) is 5.75 Å². The Balaban J connectivity index is 1.92. The maximum atomic E-state index is 12.7. The first kappa shape index (κ1) is 21.2. The molecule has 0 saturated carbocycles. The van der Waals surface area contributed by atoms with Crippen molar-refractivity contribution in [1.29, 1.82) is 0 Å². The number of anilines is 1. The lowest BCUT2D eigenvalue weighted by Crippen LogP contribution is -2.31. The van der Waals surface area contributed by atoms with Gasteiger partial charge in [0.15, 0.2) is 0 Å².